The van der Waals surface area contributed by atoms with Crippen molar-refractivity contribution in [2.24, 2.45) is 0 Å². The van der Waals surface area contributed by atoms with Gasteiger partial charge in [-0.1, -0.05) is 11.2 Å². The Morgan fingerprint density at radius 3 is 2.61 bits per heavy atom. The Kier molecular flexibility index (Phi) is 3.36. The Balaban J connectivity index is 2.08. The van der Waals surface area contributed by atoms with Crippen LogP contribution in [-0.2, 0) is 11.2 Å². The van der Waals surface area contributed by atoms with Gasteiger partial charge in [-0.3, -0.25) is 4.79 Å². The fourth-order valence-corrected chi connectivity index (χ4v) is 1.47. The molecule has 2 aromatic rings. The predicted octanol–water partition coefficient (Wildman–Crippen LogP) is 2.44. The maximum Gasteiger partial charge on any atom is 0.230 e. The maximum atomic E-state index is 13.3. The quantitative estimate of drug-likeness (QED) is 0.912. The van der Waals surface area contributed by atoms with Gasteiger partial charge in [0.15, 0.2) is 0 Å². The topological polar surface area (TPSA) is 55.1 Å². The molecule has 6 heteroatoms. The van der Waals surface area contributed by atoms with Crippen molar-refractivity contribution in [2.75, 3.05) is 5.32 Å². The van der Waals surface area contributed by atoms with E-state index in [1.54, 1.807) is 13.0 Å². The number of nitrogens with zero attached hydrogens (tertiary/aromatic N) is 1. The second-order valence-corrected chi connectivity index (χ2v) is 3.75. The van der Waals surface area contributed by atoms with Gasteiger partial charge >= 0.3 is 0 Å². The highest BCUT2D eigenvalue weighted by Gasteiger charge is 2.13. The third-order valence-corrected chi connectivity index (χ3v) is 2.25. The molecule has 0 aliphatic carbocycles. The number of halogens is 2. The summed E-state index contributed by atoms with van der Waals surface area (Å²) in [5.41, 5.74) is -0.0514. The summed E-state index contributed by atoms with van der Waals surface area (Å²) in [5.74, 6) is -1.64. The van der Waals surface area contributed by atoms with Crippen molar-refractivity contribution in [3.05, 3.63) is 47.4 Å². The van der Waals surface area contributed by atoms with Crippen molar-refractivity contribution in [1.29, 1.82) is 0 Å². The van der Waals surface area contributed by atoms with Crippen molar-refractivity contribution in [2.45, 2.75) is 13.3 Å². The van der Waals surface area contributed by atoms with Gasteiger partial charge in [0, 0.05) is 6.07 Å². The molecular formula is C12H10F2N2O2. The number of carbonyl (C=O) groups excluding carboxylic acids is 1. The van der Waals surface area contributed by atoms with Gasteiger partial charge < -0.3 is 9.84 Å². The molecule has 0 radical (unpaired) electrons. The standard InChI is InChI=1S/C12H10F2N2O2/c1-7-5-8(16-18-7)6-11(17)15-12-9(13)3-2-4-10(12)14/h2-5H,6H2,1H3,(H,15,17). The number of amides is 1. The molecule has 2 rings (SSSR count). The minimum Gasteiger partial charge on any atom is -0.361 e. The summed E-state index contributed by atoms with van der Waals surface area (Å²) in [4.78, 5) is 11.6. The molecule has 1 aromatic heterocycles. The van der Waals surface area contributed by atoms with Crippen LogP contribution in [0.5, 0.6) is 0 Å². The van der Waals surface area contributed by atoms with Crippen LogP contribution < -0.4 is 5.32 Å². The molecule has 1 amide bonds. The Hall–Kier alpha value is -2.24. The van der Waals surface area contributed by atoms with Gasteiger partial charge in [0.05, 0.1) is 12.1 Å². The highest BCUT2D eigenvalue weighted by atomic mass is 19.1. The third kappa shape index (κ3) is 2.71. The van der Waals surface area contributed by atoms with E-state index < -0.39 is 23.2 Å². The van der Waals surface area contributed by atoms with Crippen molar-refractivity contribution < 1.29 is 18.1 Å². The van der Waals surface area contributed by atoms with Crippen LogP contribution in [-0.4, -0.2) is 11.1 Å². The lowest BCUT2D eigenvalue weighted by Gasteiger charge is -2.06. The number of hydrogen-bond donors (Lipinski definition) is 1. The Labute approximate surface area is 102 Å². The van der Waals surface area contributed by atoms with E-state index in [9.17, 15) is 13.6 Å². The van der Waals surface area contributed by atoms with Crippen LogP contribution in [0, 0.1) is 18.6 Å². The summed E-state index contributed by atoms with van der Waals surface area (Å²) < 4.78 is 31.3. The molecule has 94 valence electrons. The zero-order valence-corrected chi connectivity index (χ0v) is 9.54. The predicted molar refractivity (Wildman–Crippen MR) is 59.9 cm³/mol. The molecule has 0 atom stereocenters. The number of aryl methyl sites for hydroxylation is 1. The highest BCUT2D eigenvalue weighted by Crippen LogP contribution is 2.18. The van der Waals surface area contributed by atoms with Crippen LogP contribution in [0.4, 0.5) is 14.5 Å². The normalized spacial score (nSPS) is 10.4. The summed E-state index contributed by atoms with van der Waals surface area (Å²) in [7, 11) is 0. The van der Waals surface area contributed by atoms with E-state index in [4.69, 9.17) is 4.52 Å². The van der Waals surface area contributed by atoms with E-state index in [1.807, 2.05) is 0 Å². The summed E-state index contributed by atoms with van der Waals surface area (Å²) in [5, 5.41) is 5.78. The average molecular weight is 252 g/mol. The minimum atomic E-state index is -0.820. The number of rotatable bonds is 3. The van der Waals surface area contributed by atoms with E-state index in [0.29, 0.717) is 11.5 Å². The van der Waals surface area contributed by atoms with Crippen LogP contribution in [0.1, 0.15) is 11.5 Å². The second kappa shape index (κ2) is 4.95. The van der Waals surface area contributed by atoms with E-state index in [2.05, 4.69) is 10.5 Å². The van der Waals surface area contributed by atoms with Crippen molar-refractivity contribution in [3.8, 4) is 0 Å². The average Bonchev–Trinajstić information content (AvgIpc) is 2.69. The smallest absolute Gasteiger partial charge is 0.230 e. The van der Waals surface area contributed by atoms with Crippen molar-refractivity contribution >= 4 is 11.6 Å². The minimum absolute atomic E-state index is 0.106. The highest BCUT2D eigenvalue weighted by molar-refractivity contribution is 5.92. The first-order valence-electron chi connectivity index (χ1n) is 5.22. The lowest BCUT2D eigenvalue weighted by atomic mass is 10.2. The van der Waals surface area contributed by atoms with Crippen molar-refractivity contribution in [3.63, 3.8) is 0 Å². The summed E-state index contributed by atoms with van der Waals surface area (Å²) >= 11 is 0. The molecule has 18 heavy (non-hydrogen) atoms. The van der Waals surface area contributed by atoms with Gasteiger partial charge in [0.2, 0.25) is 5.91 Å². The van der Waals surface area contributed by atoms with Crippen LogP contribution >= 0.6 is 0 Å². The Morgan fingerprint density at radius 2 is 2.06 bits per heavy atom. The van der Waals surface area contributed by atoms with E-state index >= 15 is 0 Å². The van der Waals surface area contributed by atoms with Crippen LogP contribution in [0.3, 0.4) is 0 Å². The monoisotopic (exact) mass is 252 g/mol. The molecule has 0 unspecified atom stereocenters. The first-order valence-corrected chi connectivity index (χ1v) is 5.22. The summed E-state index contributed by atoms with van der Waals surface area (Å²) in [6.07, 6.45) is -0.106. The summed E-state index contributed by atoms with van der Waals surface area (Å²) in [6, 6.07) is 4.94. The van der Waals surface area contributed by atoms with Crippen LogP contribution in [0.25, 0.3) is 0 Å². The van der Waals surface area contributed by atoms with Gasteiger partial charge in [-0.15, -0.1) is 0 Å². The summed E-state index contributed by atoms with van der Waals surface area (Å²) in [6.45, 7) is 1.69. The van der Waals surface area contributed by atoms with Gasteiger partial charge in [0.25, 0.3) is 0 Å². The molecule has 0 fully saturated rings. The lowest BCUT2D eigenvalue weighted by molar-refractivity contribution is -0.115. The zero-order chi connectivity index (χ0) is 13.1. The maximum absolute atomic E-state index is 13.3. The molecule has 0 aliphatic heterocycles. The van der Waals surface area contributed by atoms with Crippen LogP contribution in [0.2, 0.25) is 0 Å². The van der Waals surface area contributed by atoms with Gasteiger partial charge in [-0.2, -0.15) is 0 Å². The van der Waals surface area contributed by atoms with Gasteiger partial charge in [-0.25, -0.2) is 8.78 Å². The molecule has 0 saturated carbocycles. The van der Waals surface area contributed by atoms with Gasteiger partial charge in [-0.05, 0) is 19.1 Å². The molecular weight excluding hydrogens is 242 g/mol. The van der Waals surface area contributed by atoms with Gasteiger partial charge in [0.1, 0.15) is 23.1 Å². The molecule has 1 aromatic carbocycles. The van der Waals surface area contributed by atoms with E-state index in [-0.39, 0.29) is 6.42 Å². The van der Waals surface area contributed by atoms with Crippen molar-refractivity contribution in [1.82, 2.24) is 5.16 Å². The van der Waals surface area contributed by atoms with E-state index in [0.717, 1.165) is 12.1 Å². The molecule has 1 N–H and O–H groups in total. The fraction of sp³-hybridized carbons (Fsp3) is 0.167. The number of anilines is 1. The molecule has 0 spiro atoms. The molecule has 0 saturated heterocycles. The lowest BCUT2D eigenvalue weighted by Crippen LogP contribution is -2.16. The molecule has 4 nitrogen and oxygen atoms in total. The first-order chi connectivity index (χ1) is 8.56. The second-order valence-electron chi connectivity index (χ2n) is 3.75. The Bertz CT molecular complexity index is 561. The number of carbonyl (C=O) groups is 1. The SMILES string of the molecule is Cc1cc(CC(=O)Nc2c(F)cccc2F)no1. The third-order valence-electron chi connectivity index (χ3n) is 2.25. The molecule has 1 heterocycles. The molecule has 0 aliphatic rings. The number of aromatic nitrogens is 1. The largest absolute Gasteiger partial charge is 0.361 e. The van der Waals surface area contributed by atoms with E-state index in [1.165, 1.54) is 6.07 Å². The number of nitrogens with one attached hydrogen (secondary N) is 1. The number of benzene rings is 1. The van der Waals surface area contributed by atoms with Crippen LogP contribution in [0.15, 0.2) is 28.8 Å². The Morgan fingerprint density at radius 1 is 1.39 bits per heavy atom. The number of hydrogen-bond acceptors (Lipinski definition) is 3. The fourth-order valence-electron chi connectivity index (χ4n) is 1.47. The first kappa shape index (κ1) is 12.2. The number of para-hydroxylation sites is 1. The zero-order valence-electron chi connectivity index (χ0n) is 9.54. The molecule has 0 bridgehead atoms.